The summed E-state index contributed by atoms with van der Waals surface area (Å²) in [6.45, 7) is 0. The number of hydrogen-bond acceptors (Lipinski definition) is 2. The minimum atomic E-state index is 0.353. The van der Waals surface area contributed by atoms with Crippen LogP contribution in [0, 0.1) is 0 Å². The second-order valence-electron chi connectivity index (χ2n) is 5.90. The third kappa shape index (κ3) is 2.91. The van der Waals surface area contributed by atoms with E-state index in [1.54, 1.807) is 0 Å². The average molecular weight is 290 g/mol. The Labute approximate surface area is 133 Å². The lowest BCUT2D eigenvalue weighted by atomic mass is 9.92. The van der Waals surface area contributed by atoms with E-state index in [1.165, 1.54) is 22.4 Å². The number of likely N-dealkylation sites (N-methyl/N-ethyl adjacent to an activating group) is 1. The van der Waals surface area contributed by atoms with E-state index in [-0.39, 0.29) is 0 Å². The van der Waals surface area contributed by atoms with E-state index in [2.05, 4.69) is 104 Å². The van der Waals surface area contributed by atoms with Crippen LogP contribution in [0.2, 0.25) is 0 Å². The fraction of sp³-hybridized carbons (Fsp3) is 0.200. The van der Waals surface area contributed by atoms with Gasteiger partial charge in [-0.15, -0.1) is 0 Å². The SMILES string of the molecule is CN(C)c1ccc(/C=C/C2=C3C=CC=CC3N(C)C=C2)cc1. The molecule has 1 aliphatic carbocycles. The Kier molecular flexibility index (Phi) is 4.01. The molecule has 0 bridgehead atoms. The Morgan fingerprint density at radius 3 is 2.50 bits per heavy atom. The number of hydrogen-bond donors (Lipinski definition) is 0. The summed E-state index contributed by atoms with van der Waals surface area (Å²) in [4.78, 5) is 4.35. The highest BCUT2D eigenvalue weighted by Gasteiger charge is 2.19. The van der Waals surface area contributed by atoms with Gasteiger partial charge in [-0.1, -0.05) is 48.6 Å². The zero-order chi connectivity index (χ0) is 15.5. The standard InChI is InChI=1S/C20H22N2/c1-21(2)18-12-9-16(10-13-18)8-11-17-14-15-22(3)20-7-5-4-6-19(17)20/h4-15,20H,1-3H3/b11-8+. The molecule has 2 aliphatic rings. The van der Waals surface area contributed by atoms with E-state index in [9.17, 15) is 0 Å². The maximum atomic E-state index is 2.23. The Bertz CT molecular complexity index is 685. The molecule has 1 aliphatic heterocycles. The molecule has 1 aromatic rings. The molecule has 0 fully saturated rings. The number of benzene rings is 1. The van der Waals surface area contributed by atoms with Crippen molar-refractivity contribution in [2.45, 2.75) is 6.04 Å². The van der Waals surface area contributed by atoms with Crippen LogP contribution in [-0.4, -0.2) is 32.1 Å². The van der Waals surface area contributed by atoms with E-state index in [1.807, 2.05) is 0 Å². The fourth-order valence-electron chi connectivity index (χ4n) is 2.76. The topological polar surface area (TPSA) is 6.48 Å². The average Bonchev–Trinajstić information content (AvgIpc) is 2.55. The maximum absolute atomic E-state index is 2.23. The molecule has 2 nitrogen and oxygen atoms in total. The van der Waals surface area contributed by atoms with E-state index in [0.717, 1.165) is 0 Å². The fourth-order valence-corrected chi connectivity index (χ4v) is 2.76. The largest absolute Gasteiger partial charge is 0.378 e. The molecule has 0 spiro atoms. The van der Waals surface area contributed by atoms with Gasteiger partial charge >= 0.3 is 0 Å². The van der Waals surface area contributed by atoms with E-state index < -0.39 is 0 Å². The molecule has 1 unspecified atom stereocenters. The van der Waals surface area contributed by atoms with Crippen molar-refractivity contribution in [1.29, 1.82) is 0 Å². The van der Waals surface area contributed by atoms with Gasteiger partial charge in [-0.25, -0.2) is 0 Å². The minimum Gasteiger partial charge on any atom is -0.378 e. The molecule has 3 rings (SSSR count). The van der Waals surface area contributed by atoms with Gasteiger partial charge in [-0.05, 0) is 34.9 Å². The van der Waals surface area contributed by atoms with Crippen LogP contribution < -0.4 is 4.90 Å². The van der Waals surface area contributed by atoms with Crippen molar-refractivity contribution in [3.05, 3.63) is 83.6 Å². The quantitative estimate of drug-likeness (QED) is 0.829. The number of allylic oxidation sites excluding steroid dienone is 5. The van der Waals surface area contributed by atoms with Gasteiger partial charge in [0.25, 0.3) is 0 Å². The first kappa shape index (κ1) is 14.5. The summed E-state index contributed by atoms with van der Waals surface area (Å²) in [6, 6.07) is 8.96. The van der Waals surface area contributed by atoms with E-state index in [0.29, 0.717) is 6.04 Å². The molecular formula is C20H22N2. The Hall–Kier alpha value is -2.48. The van der Waals surface area contributed by atoms with Crippen molar-refractivity contribution >= 4 is 11.8 Å². The lowest BCUT2D eigenvalue weighted by Crippen LogP contribution is -2.30. The van der Waals surface area contributed by atoms with Crippen molar-refractivity contribution in [3.63, 3.8) is 0 Å². The molecule has 1 atom stereocenters. The number of nitrogens with zero attached hydrogens (tertiary/aromatic N) is 2. The molecule has 0 saturated heterocycles. The number of rotatable bonds is 3. The van der Waals surface area contributed by atoms with Gasteiger partial charge < -0.3 is 9.80 Å². The number of fused-ring (bicyclic) bond motifs is 1. The molecule has 1 heterocycles. The minimum absolute atomic E-state index is 0.353. The van der Waals surface area contributed by atoms with Crippen LogP contribution in [0.15, 0.2) is 78.1 Å². The molecule has 0 N–H and O–H groups in total. The summed E-state index contributed by atoms with van der Waals surface area (Å²) >= 11 is 0. The summed E-state index contributed by atoms with van der Waals surface area (Å²) in [5, 5.41) is 0. The number of anilines is 1. The van der Waals surface area contributed by atoms with Crippen LogP contribution in [0.5, 0.6) is 0 Å². The van der Waals surface area contributed by atoms with Gasteiger partial charge in [-0.3, -0.25) is 0 Å². The molecule has 0 saturated carbocycles. The molecule has 0 amide bonds. The monoisotopic (exact) mass is 290 g/mol. The highest BCUT2D eigenvalue weighted by molar-refractivity contribution is 5.61. The van der Waals surface area contributed by atoms with Gasteiger partial charge in [0.05, 0.1) is 6.04 Å². The predicted octanol–water partition coefficient (Wildman–Crippen LogP) is 4.02. The van der Waals surface area contributed by atoms with Crippen LogP contribution in [-0.2, 0) is 0 Å². The molecule has 0 radical (unpaired) electrons. The highest BCUT2D eigenvalue weighted by Crippen LogP contribution is 2.27. The third-order valence-corrected chi connectivity index (χ3v) is 4.13. The van der Waals surface area contributed by atoms with Crippen molar-refractivity contribution in [1.82, 2.24) is 4.90 Å². The first-order chi connectivity index (χ1) is 10.6. The van der Waals surface area contributed by atoms with Crippen molar-refractivity contribution < 1.29 is 0 Å². The van der Waals surface area contributed by atoms with Crippen molar-refractivity contribution in [2.24, 2.45) is 0 Å². The lowest BCUT2D eigenvalue weighted by molar-refractivity contribution is 0.420. The van der Waals surface area contributed by atoms with Gasteiger partial charge in [0.2, 0.25) is 0 Å². The summed E-state index contributed by atoms with van der Waals surface area (Å²) in [6.07, 6.45) is 17.4. The lowest BCUT2D eigenvalue weighted by Gasteiger charge is -2.31. The maximum Gasteiger partial charge on any atom is 0.0726 e. The first-order valence-electron chi connectivity index (χ1n) is 7.60. The zero-order valence-corrected chi connectivity index (χ0v) is 13.4. The van der Waals surface area contributed by atoms with Gasteiger partial charge in [0.15, 0.2) is 0 Å². The first-order valence-corrected chi connectivity index (χ1v) is 7.60. The van der Waals surface area contributed by atoms with E-state index in [4.69, 9.17) is 0 Å². The van der Waals surface area contributed by atoms with Crippen LogP contribution in [0.4, 0.5) is 5.69 Å². The van der Waals surface area contributed by atoms with Crippen molar-refractivity contribution in [2.75, 3.05) is 26.0 Å². The molecule has 2 heteroatoms. The highest BCUT2D eigenvalue weighted by atomic mass is 15.1. The Morgan fingerprint density at radius 2 is 1.77 bits per heavy atom. The Balaban J connectivity index is 1.84. The molecule has 22 heavy (non-hydrogen) atoms. The summed E-state index contributed by atoms with van der Waals surface area (Å²) in [5.41, 5.74) is 5.07. The van der Waals surface area contributed by atoms with Crippen LogP contribution in [0.25, 0.3) is 6.08 Å². The molecule has 1 aromatic carbocycles. The van der Waals surface area contributed by atoms with Crippen molar-refractivity contribution in [3.8, 4) is 0 Å². The normalized spacial score (nSPS) is 20.0. The predicted molar refractivity (Wildman–Crippen MR) is 95.8 cm³/mol. The third-order valence-electron chi connectivity index (χ3n) is 4.13. The zero-order valence-electron chi connectivity index (χ0n) is 13.4. The van der Waals surface area contributed by atoms with E-state index >= 15 is 0 Å². The summed E-state index contributed by atoms with van der Waals surface area (Å²) in [7, 11) is 6.23. The molecule has 112 valence electrons. The van der Waals surface area contributed by atoms with Gasteiger partial charge in [0, 0.05) is 33.0 Å². The molecule has 0 aromatic heterocycles. The second-order valence-corrected chi connectivity index (χ2v) is 5.90. The van der Waals surface area contributed by atoms with Gasteiger partial charge in [0.1, 0.15) is 0 Å². The van der Waals surface area contributed by atoms with Gasteiger partial charge in [-0.2, -0.15) is 0 Å². The van der Waals surface area contributed by atoms with Crippen LogP contribution in [0.1, 0.15) is 5.56 Å². The smallest absolute Gasteiger partial charge is 0.0726 e. The van der Waals surface area contributed by atoms with Crippen LogP contribution >= 0.6 is 0 Å². The second kappa shape index (κ2) is 6.10. The summed E-state index contributed by atoms with van der Waals surface area (Å²) in [5.74, 6) is 0. The van der Waals surface area contributed by atoms with Crippen LogP contribution in [0.3, 0.4) is 0 Å². The molecular weight excluding hydrogens is 268 g/mol. The summed E-state index contributed by atoms with van der Waals surface area (Å²) < 4.78 is 0. The Morgan fingerprint density at radius 1 is 1.00 bits per heavy atom.